The highest BCUT2D eigenvalue weighted by atomic mass is 19.4. The Morgan fingerprint density at radius 3 is 2.39 bits per heavy atom. The number of nitrogens with one attached hydrogen (secondary N) is 1. The van der Waals surface area contributed by atoms with Gasteiger partial charge in [-0.05, 0) is 44.0 Å². The largest absolute Gasteiger partial charge is 0.418 e. The molecule has 2 aromatic rings. The van der Waals surface area contributed by atoms with Crippen LogP contribution in [0.3, 0.4) is 0 Å². The second kappa shape index (κ2) is 7.68. The predicted molar refractivity (Wildman–Crippen MR) is 108 cm³/mol. The number of halogens is 3. The lowest BCUT2D eigenvalue weighted by molar-refractivity contribution is -0.137. The van der Waals surface area contributed by atoms with Gasteiger partial charge in [0.25, 0.3) is 5.91 Å². The number of imide groups is 1. The van der Waals surface area contributed by atoms with E-state index in [2.05, 4.69) is 5.32 Å². The van der Waals surface area contributed by atoms with E-state index < -0.39 is 47.0 Å². The van der Waals surface area contributed by atoms with Crippen molar-refractivity contribution < 1.29 is 27.6 Å². The maximum absolute atomic E-state index is 13.3. The number of fused-ring (bicyclic) bond motifs is 1. The Balaban J connectivity index is 1.67. The van der Waals surface area contributed by atoms with Gasteiger partial charge in [0.1, 0.15) is 0 Å². The summed E-state index contributed by atoms with van der Waals surface area (Å²) in [4.78, 5) is 39.9. The molecule has 1 N–H and O–H groups in total. The van der Waals surface area contributed by atoms with Crippen LogP contribution in [-0.4, -0.2) is 17.7 Å². The molecule has 1 heterocycles. The maximum Gasteiger partial charge on any atom is 0.418 e. The standard InChI is InChI=1S/C23H19F3N2O3/c1-13-10-11-14-16(12-13)22(31)28(21(14)30)19-9-5-2-6-15(19)20(29)27-18-8-4-3-7-17(18)23(24,25)26/h2-10,14,16H,11-12H2,1H3,(H,27,29)/t14-,16+/m0/s1. The van der Waals surface area contributed by atoms with Gasteiger partial charge in [0, 0.05) is 0 Å². The maximum atomic E-state index is 13.3. The first-order valence-electron chi connectivity index (χ1n) is 9.78. The molecule has 5 nitrogen and oxygen atoms in total. The number of allylic oxidation sites excluding steroid dienone is 2. The fourth-order valence-electron chi connectivity index (χ4n) is 4.16. The topological polar surface area (TPSA) is 66.5 Å². The van der Waals surface area contributed by atoms with Gasteiger partial charge in [-0.15, -0.1) is 0 Å². The minimum absolute atomic E-state index is 0.0514. The number of hydrogen-bond donors (Lipinski definition) is 1. The van der Waals surface area contributed by atoms with Crippen LogP contribution in [0.1, 0.15) is 35.7 Å². The molecular formula is C23H19F3N2O3. The van der Waals surface area contributed by atoms with Gasteiger partial charge in [0.05, 0.1) is 34.3 Å². The predicted octanol–water partition coefficient (Wildman–Crippen LogP) is 4.80. The van der Waals surface area contributed by atoms with Crippen molar-refractivity contribution in [2.45, 2.75) is 25.9 Å². The first-order valence-corrected chi connectivity index (χ1v) is 9.78. The molecule has 1 fully saturated rings. The molecule has 0 radical (unpaired) electrons. The van der Waals surface area contributed by atoms with Crippen molar-refractivity contribution in [2.75, 3.05) is 10.2 Å². The van der Waals surface area contributed by atoms with Gasteiger partial charge in [0.15, 0.2) is 0 Å². The number of alkyl halides is 3. The van der Waals surface area contributed by atoms with Crippen LogP contribution >= 0.6 is 0 Å². The molecule has 2 aliphatic rings. The van der Waals surface area contributed by atoms with Gasteiger partial charge >= 0.3 is 6.18 Å². The lowest BCUT2D eigenvalue weighted by Crippen LogP contribution is -2.33. The zero-order valence-electron chi connectivity index (χ0n) is 16.6. The monoisotopic (exact) mass is 428 g/mol. The summed E-state index contributed by atoms with van der Waals surface area (Å²) in [5.41, 5.74) is -0.334. The van der Waals surface area contributed by atoms with Crippen LogP contribution in [0.2, 0.25) is 0 Å². The quantitative estimate of drug-likeness (QED) is 0.564. The normalized spacial score (nSPS) is 21.0. The number of carbonyl (C=O) groups is 3. The van der Waals surface area contributed by atoms with Gasteiger partial charge in [0.2, 0.25) is 11.8 Å². The number of nitrogens with zero attached hydrogens (tertiary/aromatic N) is 1. The van der Waals surface area contributed by atoms with E-state index >= 15 is 0 Å². The lowest BCUT2D eigenvalue weighted by Gasteiger charge is -2.19. The summed E-state index contributed by atoms with van der Waals surface area (Å²) >= 11 is 0. The average molecular weight is 428 g/mol. The van der Waals surface area contributed by atoms with Crippen molar-refractivity contribution in [3.05, 3.63) is 71.3 Å². The van der Waals surface area contributed by atoms with Crippen molar-refractivity contribution in [1.82, 2.24) is 0 Å². The molecule has 1 aliphatic heterocycles. The van der Waals surface area contributed by atoms with E-state index in [1.807, 2.05) is 13.0 Å². The summed E-state index contributed by atoms with van der Waals surface area (Å²) in [6.45, 7) is 1.90. The average Bonchev–Trinajstić information content (AvgIpc) is 2.97. The number of rotatable bonds is 3. The van der Waals surface area contributed by atoms with Crippen LogP contribution < -0.4 is 10.2 Å². The summed E-state index contributed by atoms with van der Waals surface area (Å²) < 4.78 is 39.8. The van der Waals surface area contributed by atoms with Gasteiger partial charge in [-0.1, -0.05) is 35.9 Å². The molecular weight excluding hydrogens is 409 g/mol. The van der Waals surface area contributed by atoms with Crippen LogP contribution in [0.25, 0.3) is 0 Å². The van der Waals surface area contributed by atoms with E-state index in [-0.39, 0.29) is 11.3 Å². The Kier molecular flexibility index (Phi) is 5.16. The number of anilines is 2. The van der Waals surface area contributed by atoms with Gasteiger partial charge in [-0.25, -0.2) is 4.90 Å². The summed E-state index contributed by atoms with van der Waals surface area (Å²) in [6, 6.07) is 10.6. The molecule has 0 bridgehead atoms. The van der Waals surface area contributed by atoms with Crippen molar-refractivity contribution in [3.63, 3.8) is 0 Å². The van der Waals surface area contributed by atoms with Gasteiger partial charge in [-0.3, -0.25) is 14.4 Å². The van der Waals surface area contributed by atoms with E-state index in [4.69, 9.17) is 0 Å². The van der Waals surface area contributed by atoms with Crippen LogP contribution in [0, 0.1) is 11.8 Å². The van der Waals surface area contributed by atoms with E-state index in [1.54, 1.807) is 6.07 Å². The molecule has 0 saturated carbocycles. The molecule has 2 atom stereocenters. The summed E-state index contributed by atoms with van der Waals surface area (Å²) in [6.07, 6.45) is -1.79. The third kappa shape index (κ3) is 3.73. The number of amides is 3. The molecule has 1 aliphatic carbocycles. The SMILES string of the molecule is CC1=CC[C@@H]2C(=O)N(c3ccccc3C(=O)Nc3ccccc3C(F)(F)F)C(=O)[C@@H]2C1. The smallest absolute Gasteiger partial charge is 0.321 e. The van der Waals surface area contributed by atoms with Crippen molar-refractivity contribution >= 4 is 29.1 Å². The van der Waals surface area contributed by atoms with Crippen LogP contribution in [-0.2, 0) is 15.8 Å². The van der Waals surface area contributed by atoms with Crippen molar-refractivity contribution in [3.8, 4) is 0 Å². The summed E-state index contributed by atoms with van der Waals surface area (Å²) in [5.74, 6) is -2.59. The Labute approximate surface area is 176 Å². The molecule has 0 aromatic heterocycles. The zero-order chi connectivity index (χ0) is 22.3. The number of para-hydroxylation sites is 2. The fourth-order valence-corrected chi connectivity index (χ4v) is 4.16. The minimum atomic E-state index is -4.65. The zero-order valence-corrected chi connectivity index (χ0v) is 16.6. The third-order valence-corrected chi connectivity index (χ3v) is 5.69. The number of carbonyl (C=O) groups excluding carboxylic acids is 3. The second-order valence-electron chi connectivity index (χ2n) is 7.73. The van der Waals surface area contributed by atoms with Gasteiger partial charge in [-0.2, -0.15) is 13.2 Å². The van der Waals surface area contributed by atoms with E-state index in [1.165, 1.54) is 30.3 Å². The highest BCUT2D eigenvalue weighted by molar-refractivity contribution is 6.25. The van der Waals surface area contributed by atoms with Crippen molar-refractivity contribution in [2.24, 2.45) is 11.8 Å². The molecule has 1 saturated heterocycles. The number of hydrogen-bond acceptors (Lipinski definition) is 3. The van der Waals surface area contributed by atoms with Crippen molar-refractivity contribution in [1.29, 1.82) is 0 Å². The Bertz CT molecular complexity index is 1110. The molecule has 31 heavy (non-hydrogen) atoms. The summed E-state index contributed by atoms with van der Waals surface area (Å²) in [7, 11) is 0. The first-order chi connectivity index (χ1) is 14.7. The lowest BCUT2D eigenvalue weighted by atomic mass is 9.82. The first kappa shape index (κ1) is 20.8. The highest BCUT2D eigenvalue weighted by Gasteiger charge is 2.49. The Morgan fingerprint density at radius 2 is 1.65 bits per heavy atom. The molecule has 4 rings (SSSR count). The van der Waals surface area contributed by atoms with E-state index in [9.17, 15) is 27.6 Å². The van der Waals surface area contributed by atoms with E-state index in [0.717, 1.165) is 22.6 Å². The highest BCUT2D eigenvalue weighted by Crippen LogP contribution is 2.41. The Morgan fingerprint density at radius 1 is 1.00 bits per heavy atom. The van der Waals surface area contributed by atoms with E-state index in [0.29, 0.717) is 12.8 Å². The molecule has 0 spiro atoms. The molecule has 0 unspecified atom stereocenters. The molecule has 2 aromatic carbocycles. The van der Waals surface area contributed by atoms with Crippen LogP contribution in [0.4, 0.5) is 24.5 Å². The second-order valence-corrected chi connectivity index (χ2v) is 7.73. The summed E-state index contributed by atoms with van der Waals surface area (Å²) in [5, 5.41) is 2.28. The number of benzene rings is 2. The molecule has 160 valence electrons. The van der Waals surface area contributed by atoms with Crippen LogP contribution in [0.5, 0.6) is 0 Å². The van der Waals surface area contributed by atoms with Gasteiger partial charge < -0.3 is 5.32 Å². The van der Waals surface area contributed by atoms with Crippen LogP contribution in [0.15, 0.2) is 60.2 Å². The molecule has 3 amide bonds. The fraction of sp³-hybridized carbons (Fsp3) is 0.261. The third-order valence-electron chi connectivity index (χ3n) is 5.69. The molecule has 8 heteroatoms. The Hall–Kier alpha value is -3.42. The minimum Gasteiger partial charge on any atom is -0.321 e.